The molecule has 0 bridgehead atoms. The summed E-state index contributed by atoms with van der Waals surface area (Å²) in [5.74, 6) is -0.0748. The molecule has 5 aromatic rings. The van der Waals surface area contributed by atoms with Crippen LogP contribution in [0.2, 0.25) is 5.02 Å². The predicted octanol–water partition coefficient (Wildman–Crippen LogP) is 8.99. The van der Waals surface area contributed by atoms with Gasteiger partial charge in [0.15, 0.2) is 11.6 Å². The Morgan fingerprint density at radius 1 is 1.00 bits per heavy atom. The summed E-state index contributed by atoms with van der Waals surface area (Å²) in [6.45, 7) is 2.50. The van der Waals surface area contributed by atoms with Gasteiger partial charge in [-0.3, -0.25) is 4.79 Å². The van der Waals surface area contributed by atoms with Gasteiger partial charge in [0.05, 0.1) is 36.4 Å². The maximum atomic E-state index is 13.7. The molecule has 1 fully saturated rings. The van der Waals surface area contributed by atoms with Crippen molar-refractivity contribution in [2.45, 2.75) is 51.6 Å². The number of nitrogens with one attached hydrogen (secondary N) is 2. The number of alkyl halides is 2. The number of carbonyl (C=O) groups is 1. The minimum absolute atomic E-state index is 0.0263. The van der Waals surface area contributed by atoms with Crippen LogP contribution in [0.1, 0.15) is 49.1 Å². The number of hydrogen-bond donors (Lipinski definition) is 2. The highest BCUT2D eigenvalue weighted by molar-refractivity contribution is 9.10. The van der Waals surface area contributed by atoms with Gasteiger partial charge in [-0.1, -0.05) is 48.0 Å². The van der Waals surface area contributed by atoms with Crippen molar-refractivity contribution in [3.05, 3.63) is 87.2 Å². The van der Waals surface area contributed by atoms with Crippen LogP contribution in [0.5, 0.6) is 5.88 Å². The molecule has 1 saturated carbocycles. The number of esters is 1. The van der Waals surface area contributed by atoms with E-state index in [0.717, 1.165) is 53.5 Å². The second-order valence-corrected chi connectivity index (χ2v) is 13.1. The standard InChI is InChI=1S/C36H34BrClF2N6O3/c1-19-24(6-5-9-27(19)43-33-31-29(16-22(37)18-42-31)44-34(46-33)32(39)40)25-7-4-8-26(30(25)38)28-15-12-21(35(45-28)48-2)17-41-23-13-10-20(11-14-23)36(47)49-3/h4-9,12,15-16,18,20,23,32,41H,10-11,13-14,17H2,1-3H3,(H,43,44,46). The van der Waals surface area contributed by atoms with E-state index in [1.807, 2.05) is 55.5 Å². The molecule has 3 heterocycles. The molecular formula is C36H34BrClF2N6O3. The van der Waals surface area contributed by atoms with Gasteiger partial charge in [0, 0.05) is 45.6 Å². The number of methoxy groups -OCH3 is 2. The van der Waals surface area contributed by atoms with Gasteiger partial charge in [0.25, 0.3) is 6.43 Å². The minimum Gasteiger partial charge on any atom is -0.481 e. The van der Waals surface area contributed by atoms with Crippen molar-refractivity contribution >= 4 is 56.0 Å². The Balaban J connectivity index is 1.25. The van der Waals surface area contributed by atoms with Gasteiger partial charge in [-0.25, -0.2) is 28.7 Å². The quantitative estimate of drug-likeness (QED) is 0.135. The molecule has 0 radical (unpaired) electrons. The largest absolute Gasteiger partial charge is 0.481 e. The Morgan fingerprint density at radius 2 is 1.73 bits per heavy atom. The lowest BCUT2D eigenvalue weighted by atomic mass is 9.86. The summed E-state index contributed by atoms with van der Waals surface area (Å²) in [5, 5.41) is 7.30. The van der Waals surface area contributed by atoms with E-state index in [1.54, 1.807) is 19.4 Å². The smallest absolute Gasteiger partial charge is 0.308 e. The van der Waals surface area contributed by atoms with Crippen LogP contribution < -0.4 is 15.4 Å². The number of rotatable bonds is 10. The Bertz CT molecular complexity index is 2010. The van der Waals surface area contributed by atoms with Crippen LogP contribution in [0.3, 0.4) is 0 Å². The molecule has 6 rings (SSSR count). The molecule has 49 heavy (non-hydrogen) atoms. The molecule has 1 aliphatic rings. The second kappa shape index (κ2) is 15.1. The van der Waals surface area contributed by atoms with Gasteiger partial charge in [0.1, 0.15) is 5.52 Å². The number of fused-ring (bicyclic) bond motifs is 1. The zero-order chi connectivity index (χ0) is 34.7. The molecule has 2 N–H and O–H groups in total. The summed E-state index contributed by atoms with van der Waals surface area (Å²) >= 11 is 10.4. The van der Waals surface area contributed by atoms with Gasteiger partial charge in [-0.2, -0.15) is 0 Å². The first-order valence-corrected chi connectivity index (χ1v) is 17.0. The second-order valence-electron chi connectivity index (χ2n) is 11.8. The molecule has 1 aliphatic carbocycles. The summed E-state index contributed by atoms with van der Waals surface area (Å²) in [7, 11) is 3.03. The zero-order valence-corrected chi connectivity index (χ0v) is 29.4. The minimum atomic E-state index is -2.85. The van der Waals surface area contributed by atoms with Crippen LogP contribution in [0.4, 0.5) is 20.3 Å². The lowest BCUT2D eigenvalue weighted by Gasteiger charge is -2.27. The lowest BCUT2D eigenvalue weighted by Crippen LogP contribution is -2.35. The monoisotopic (exact) mass is 750 g/mol. The molecule has 2 aromatic carbocycles. The molecule has 254 valence electrons. The van der Waals surface area contributed by atoms with E-state index < -0.39 is 12.2 Å². The number of ether oxygens (including phenoxy) is 2. The third kappa shape index (κ3) is 7.51. The molecule has 0 aliphatic heterocycles. The first kappa shape index (κ1) is 34.6. The maximum absolute atomic E-state index is 13.7. The topological polar surface area (TPSA) is 111 Å². The van der Waals surface area contributed by atoms with Gasteiger partial charge in [-0.15, -0.1) is 0 Å². The highest BCUT2D eigenvalue weighted by Gasteiger charge is 2.27. The number of aromatic nitrogens is 4. The number of carbonyl (C=O) groups excluding carboxylic acids is 1. The molecule has 0 unspecified atom stereocenters. The number of nitrogens with zero attached hydrogens (tertiary/aromatic N) is 4. The fourth-order valence-corrected chi connectivity index (χ4v) is 6.85. The molecule has 9 nitrogen and oxygen atoms in total. The fraction of sp³-hybridized carbons (Fsp3) is 0.306. The Hall–Kier alpha value is -4.26. The van der Waals surface area contributed by atoms with Crippen molar-refractivity contribution in [3.8, 4) is 28.3 Å². The predicted molar refractivity (Wildman–Crippen MR) is 189 cm³/mol. The van der Waals surface area contributed by atoms with Crippen LogP contribution in [-0.2, 0) is 16.1 Å². The summed E-state index contributed by atoms with van der Waals surface area (Å²) in [6.07, 6.45) is 2.12. The Kier molecular flexibility index (Phi) is 10.7. The molecular weight excluding hydrogens is 718 g/mol. The van der Waals surface area contributed by atoms with E-state index in [2.05, 4.69) is 41.5 Å². The van der Waals surface area contributed by atoms with Crippen LogP contribution >= 0.6 is 27.5 Å². The number of benzene rings is 2. The van der Waals surface area contributed by atoms with Crippen LogP contribution in [0.25, 0.3) is 33.4 Å². The fourth-order valence-electron chi connectivity index (χ4n) is 6.21. The van der Waals surface area contributed by atoms with Crippen molar-refractivity contribution in [1.29, 1.82) is 0 Å². The van der Waals surface area contributed by atoms with E-state index >= 15 is 0 Å². The average molecular weight is 752 g/mol. The van der Waals surface area contributed by atoms with Crippen LogP contribution in [-0.4, -0.2) is 46.2 Å². The average Bonchev–Trinajstić information content (AvgIpc) is 3.11. The first-order chi connectivity index (χ1) is 23.7. The van der Waals surface area contributed by atoms with E-state index in [1.165, 1.54) is 7.11 Å². The number of pyridine rings is 2. The lowest BCUT2D eigenvalue weighted by molar-refractivity contribution is -0.146. The number of anilines is 2. The van der Waals surface area contributed by atoms with Gasteiger partial charge >= 0.3 is 5.97 Å². The van der Waals surface area contributed by atoms with E-state index in [-0.39, 0.29) is 17.7 Å². The summed E-state index contributed by atoms with van der Waals surface area (Å²) < 4.78 is 38.6. The Morgan fingerprint density at radius 3 is 2.47 bits per heavy atom. The van der Waals surface area contributed by atoms with Gasteiger partial charge < -0.3 is 20.1 Å². The maximum Gasteiger partial charge on any atom is 0.308 e. The SMILES string of the molecule is COC(=O)C1CCC(NCc2ccc(-c3cccc(-c4cccc(Nc5nc(C(F)F)nc6cc(Br)cnc56)c4C)c3Cl)nc2OC)CC1. The molecule has 0 saturated heterocycles. The summed E-state index contributed by atoms with van der Waals surface area (Å²) in [6, 6.07) is 17.2. The van der Waals surface area contributed by atoms with E-state index in [0.29, 0.717) is 50.4 Å². The van der Waals surface area contributed by atoms with E-state index in [4.69, 9.17) is 26.1 Å². The third-order valence-electron chi connectivity index (χ3n) is 8.84. The number of halogens is 4. The molecule has 0 atom stereocenters. The third-order valence-corrected chi connectivity index (χ3v) is 9.68. The zero-order valence-electron chi connectivity index (χ0n) is 27.1. The molecule has 3 aromatic heterocycles. The normalized spacial score (nSPS) is 16.2. The van der Waals surface area contributed by atoms with Crippen LogP contribution in [0.15, 0.2) is 65.3 Å². The van der Waals surface area contributed by atoms with Crippen LogP contribution in [0, 0.1) is 12.8 Å². The van der Waals surface area contributed by atoms with Crippen molar-refractivity contribution in [3.63, 3.8) is 0 Å². The summed E-state index contributed by atoms with van der Waals surface area (Å²) in [4.78, 5) is 29.2. The van der Waals surface area contributed by atoms with Gasteiger partial charge in [0.2, 0.25) is 5.88 Å². The first-order valence-electron chi connectivity index (χ1n) is 15.8. The molecule has 0 amide bonds. The van der Waals surface area contributed by atoms with E-state index in [9.17, 15) is 13.6 Å². The molecule has 13 heteroatoms. The number of hydrogen-bond acceptors (Lipinski definition) is 9. The molecule has 0 spiro atoms. The van der Waals surface area contributed by atoms with Crippen molar-refractivity contribution in [1.82, 2.24) is 25.3 Å². The summed E-state index contributed by atoms with van der Waals surface area (Å²) in [5.41, 5.74) is 6.05. The van der Waals surface area contributed by atoms with Crippen molar-refractivity contribution in [2.24, 2.45) is 5.92 Å². The van der Waals surface area contributed by atoms with Crippen molar-refractivity contribution in [2.75, 3.05) is 19.5 Å². The highest BCUT2D eigenvalue weighted by atomic mass is 79.9. The Labute approximate surface area is 296 Å². The van der Waals surface area contributed by atoms with Crippen molar-refractivity contribution < 1.29 is 23.0 Å². The highest BCUT2D eigenvalue weighted by Crippen LogP contribution is 2.40. The van der Waals surface area contributed by atoms with Gasteiger partial charge in [-0.05, 0) is 77.9 Å².